The molecule has 0 aliphatic carbocycles. The zero-order valence-electron chi connectivity index (χ0n) is 15.1. The van der Waals surface area contributed by atoms with Gasteiger partial charge in [-0.2, -0.15) is 14.6 Å². The Balaban J connectivity index is 1.81. The first kappa shape index (κ1) is 19.7. The van der Waals surface area contributed by atoms with Crippen LogP contribution in [-0.4, -0.2) is 34.4 Å². The Labute approximate surface area is 166 Å². The van der Waals surface area contributed by atoms with Crippen LogP contribution in [0.15, 0.2) is 41.2 Å². The number of hydrogen-bond acceptors (Lipinski definition) is 7. The Morgan fingerprint density at radius 2 is 2.14 bits per heavy atom. The van der Waals surface area contributed by atoms with Crippen LogP contribution in [0.1, 0.15) is 19.4 Å². The molecule has 0 saturated heterocycles. The lowest BCUT2D eigenvalue weighted by molar-refractivity contribution is -0.112. The fourth-order valence-electron chi connectivity index (χ4n) is 2.58. The molecular weight excluding hydrogens is 398 g/mol. The first-order chi connectivity index (χ1) is 13.3. The summed E-state index contributed by atoms with van der Waals surface area (Å²) in [6.07, 6.45) is 3.17. The maximum absolute atomic E-state index is 12.4. The molecule has 0 bridgehead atoms. The van der Waals surface area contributed by atoms with Crippen molar-refractivity contribution in [1.82, 2.24) is 14.3 Å². The minimum atomic E-state index is -3.61. The van der Waals surface area contributed by atoms with Gasteiger partial charge in [0.25, 0.3) is 11.1 Å². The molecule has 0 aliphatic heterocycles. The van der Waals surface area contributed by atoms with E-state index in [1.54, 1.807) is 20.0 Å². The number of nitrogens with zero attached hydrogens (tertiary/aromatic N) is 3. The molecule has 1 amide bonds. The summed E-state index contributed by atoms with van der Waals surface area (Å²) in [6.45, 7) is 3.56. The molecule has 0 spiro atoms. The van der Waals surface area contributed by atoms with Crippen LogP contribution in [0.5, 0.6) is 0 Å². The number of hydrogen-bond donors (Lipinski definition) is 2. The van der Waals surface area contributed by atoms with Crippen LogP contribution in [0.2, 0.25) is 0 Å². The zero-order valence-corrected chi connectivity index (χ0v) is 16.8. The molecule has 0 radical (unpaired) electrons. The largest absolute Gasteiger partial charge is 0.361 e. The van der Waals surface area contributed by atoms with Crippen LogP contribution in [-0.2, 0) is 14.6 Å². The number of nitriles is 1. The SMILES string of the molecule is CC(C)CS(=O)(=O)c1nsc(NC(=O)/C(C#N)=C\c2c[nH]c3ccccc23)n1. The van der Waals surface area contributed by atoms with Gasteiger partial charge >= 0.3 is 0 Å². The molecule has 3 aromatic rings. The number of anilines is 1. The smallest absolute Gasteiger partial charge is 0.268 e. The van der Waals surface area contributed by atoms with E-state index in [4.69, 9.17) is 0 Å². The van der Waals surface area contributed by atoms with Crippen molar-refractivity contribution in [2.24, 2.45) is 5.92 Å². The lowest BCUT2D eigenvalue weighted by atomic mass is 10.1. The fraction of sp³-hybridized carbons (Fsp3) is 0.222. The Kier molecular flexibility index (Phi) is 5.58. The van der Waals surface area contributed by atoms with E-state index < -0.39 is 15.7 Å². The lowest BCUT2D eigenvalue weighted by Crippen LogP contribution is -2.15. The van der Waals surface area contributed by atoms with Crippen molar-refractivity contribution in [1.29, 1.82) is 5.26 Å². The normalized spacial score (nSPS) is 12.3. The molecule has 2 heterocycles. The summed E-state index contributed by atoms with van der Waals surface area (Å²) in [7, 11) is -3.61. The maximum Gasteiger partial charge on any atom is 0.268 e. The van der Waals surface area contributed by atoms with Crippen LogP contribution in [0.4, 0.5) is 5.13 Å². The number of rotatable bonds is 6. The van der Waals surface area contributed by atoms with Crippen molar-refractivity contribution in [2.45, 2.75) is 19.0 Å². The fourth-order valence-corrected chi connectivity index (χ4v) is 4.93. The van der Waals surface area contributed by atoms with Crippen LogP contribution in [0, 0.1) is 17.2 Å². The first-order valence-corrected chi connectivity index (χ1v) is 10.8. The van der Waals surface area contributed by atoms with Gasteiger partial charge in [0.1, 0.15) is 11.6 Å². The van der Waals surface area contributed by atoms with Crippen molar-refractivity contribution >= 4 is 49.4 Å². The Morgan fingerprint density at radius 1 is 1.39 bits per heavy atom. The monoisotopic (exact) mass is 415 g/mol. The number of fused-ring (bicyclic) bond motifs is 1. The van der Waals surface area contributed by atoms with Crippen LogP contribution in [0.3, 0.4) is 0 Å². The molecule has 0 atom stereocenters. The third kappa shape index (κ3) is 4.27. The molecule has 0 saturated carbocycles. The van der Waals surface area contributed by atoms with Crippen LogP contribution < -0.4 is 5.32 Å². The van der Waals surface area contributed by atoms with Gasteiger partial charge in [0, 0.05) is 34.2 Å². The summed E-state index contributed by atoms with van der Waals surface area (Å²) >= 11 is 0.755. The number of para-hydroxylation sites is 1. The highest BCUT2D eigenvalue weighted by Crippen LogP contribution is 2.22. The van der Waals surface area contributed by atoms with E-state index in [0.717, 1.165) is 22.4 Å². The Morgan fingerprint density at radius 3 is 2.86 bits per heavy atom. The van der Waals surface area contributed by atoms with Gasteiger partial charge in [0.15, 0.2) is 0 Å². The summed E-state index contributed by atoms with van der Waals surface area (Å²) < 4.78 is 28.2. The lowest BCUT2D eigenvalue weighted by Gasteiger charge is -2.02. The van der Waals surface area contributed by atoms with E-state index in [2.05, 4.69) is 19.7 Å². The van der Waals surface area contributed by atoms with E-state index in [0.29, 0.717) is 5.56 Å². The number of H-pyrrole nitrogens is 1. The van der Waals surface area contributed by atoms with E-state index in [1.165, 1.54) is 6.08 Å². The van der Waals surface area contributed by atoms with E-state index in [-0.39, 0.29) is 27.5 Å². The molecule has 0 fully saturated rings. The summed E-state index contributed by atoms with van der Waals surface area (Å²) in [5.41, 5.74) is 1.45. The average Bonchev–Trinajstić information content (AvgIpc) is 3.26. The molecule has 2 aromatic heterocycles. The predicted octanol–water partition coefficient (Wildman–Crippen LogP) is 2.99. The standard InChI is InChI=1S/C18H17N5O3S2/c1-11(2)10-28(25,26)18-22-17(27-23-18)21-16(24)12(8-19)7-13-9-20-15-6-4-3-5-14(13)15/h3-7,9,11,20H,10H2,1-2H3,(H,21,22,23,24)/b12-7-. The molecule has 3 rings (SSSR count). The van der Waals surface area contributed by atoms with Crippen molar-refractivity contribution in [3.8, 4) is 6.07 Å². The molecule has 0 unspecified atom stereocenters. The second-order valence-electron chi connectivity index (χ2n) is 6.47. The molecular formula is C18H17N5O3S2. The minimum Gasteiger partial charge on any atom is -0.361 e. The first-order valence-electron chi connectivity index (χ1n) is 8.36. The molecule has 28 heavy (non-hydrogen) atoms. The minimum absolute atomic E-state index is 0.0207. The number of carbonyl (C=O) groups is 1. The van der Waals surface area contributed by atoms with Crippen molar-refractivity contribution in [3.63, 3.8) is 0 Å². The third-order valence-corrected chi connectivity index (χ3v) is 6.34. The average molecular weight is 416 g/mol. The predicted molar refractivity (Wildman–Crippen MR) is 107 cm³/mol. The third-order valence-electron chi connectivity index (χ3n) is 3.74. The van der Waals surface area contributed by atoms with E-state index >= 15 is 0 Å². The number of carbonyl (C=O) groups excluding carboxylic acids is 1. The molecule has 8 nitrogen and oxygen atoms in total. The summed E-state index contributed by atoms with van der Waals surface area (Å²) in [6, 6.07) is 9.37. The number of sulfone groups is 1. The van der Waals surface area contributed by atoms with E-state index in [1.807, 2.05) is 30.3 Å². The van der Waals surface area contributed by atoms with Crippen molar-refractivity contribution in [3.05, 3.63) is 41.6 Å². The molecule has 10 heteroatoms. The van der Waals surface area contributed by atoms with Gasteiger partial charge in [0.05, 0.1) is 5.75 Å². The molecule has 0 aliphatic rings. The highest BCUT2D eigenvalue weighted by Gasteiger charge is 2.23. The van der Waals surface area contributed by atoms with Gasteiger partial charge < -0.3 is 4.98 Å². The van der Waals surface area contributed by atoms with Gasteiger partial charge in [0.2, 0.25) is 15.0 Å². The highest BCUT2D eigenvalue weighted by molar-refractivity contribution is 7.91. The number of benzene rings is 1. The van der Waals surface area contributed by atoms with Crippen LogP contribution >= 0.6 is 11.5 Å². The van der Waals surface area contributed by atoms with Gasteiger partial charge in [-0.05, 0) is 18.1 Å². The van der Waals surface area contributed by atoms with Gasteiger partial charge in [-0.1, -0.05) is 32.0 Å². The Hall–Kier alpha value is -3.03. The number of nitrogens with one attached hydrogen (secondary N) is 2. The van der Waals surface area contributed by atoms with Gasteiger partial charge in [-0.3, -0.25) is 10.1 Å². The van der Waals surface area contributed by atoms with Crippen molar-refractivity contribution < 1.29 is 13.2 Å². The summed E-state index contributed by atoms with van der Waals surface area (Å²) in [5.74, 6) is -0.839. The van der Waals surface area contributed by atoms with E-state index in [9.17, 15) is 18.5 Å². The topological polar surface area (TPSA) is 129 Å². The Bertz CT molecular complexity index is 1200. The van der Waals surface area contributed by atoms with Crippen molar-refractivity contribution in [2.75, 3.05) is 11.1 Å². The van der Waals surface area contributed by atoms with Crippen LogP contribution in [0.25, 0.3) is 17.0 Å². The summed E-state index contributed by atoms with van der Waals surface area (Å²) in [5, 5.41) is 12.4. The number of aromatic amines is 1. The molecule has 2 N–H and O–H groups in total. The van der Waals surface area contributed by atoms with Gasteiger partial charge in [-0.25, -0.2) is 8.42 Å². The second-order valence-corrected chi connectivity index (χ2v) is 9.15. The maximum atomic E-state index is 12.4. The second kappa shape index (κ2) is 7.92. The zero-order chi connectivity index (χ0) is 20.3. The number of amides is 1. The quantitative estimate of drug-likeness (QED) is 0.470. The molecule has 1 aromatic carbocycles. The molecule has 144 valence electrons. The number of aromatic nitrogens is 3. The van der Waals surface area contributed by atoms with Gasteiger partial charge in [-0.15, -0.1) is 0 Å². The summed E-state index contributed by atoms with van der Waals surface area (Å²) in [4.78, 5) is 19.4. The highest BCUT2D eigenvalue weighted by atomic mass is 32.2.